The maximum atomic E-state index is 13.0. The van der Waals surface area contributed by atoms with Crippen molar-refractivity contribution in [2.45, 2.75) is 40.2 Å². The van der Waals surface area contributed by atoms with Crippen molar-refractivity contribution in [2.24, 2.45) is 4.99 Å². The number of likely N-dealkylation sites (N-methyl/N-ethyl adjacent to an activating group) is 2. The minimum Gasteiger partial charge on any atom is -0.363 e. The summed E-state index contributed by atoms with van der Waals surface area (Å²) in [5, 5.41) is 0.734. The Kier molecular flexibility index (Phi) is 5.80. The van der Waals surface area contributed by atoms with Crippen molar-refractivity contribution in [1.82, 2.24) is 4.90 Å². The van der Waals surface area contributed by atoms with Gasteiger partial charge in [0.25, 0.3) is 5.91 Å². The molecule has 2 aromatic rings. The van der Waals surface area contributed by atoms with E-state index in [2.05, 4.69) is 56.9 Å². The summed E-state index contributed by atoms with van der Waals surface area (Å²) < 4.78 is 0. The topological polar surface area (TPSA) is 35.9 Å². The lowest BCUT2D eigenvalue weighted by Gasteiger charge is -2.42. The van der Waals surface area contributed by atoms with Crippen LogP contribution in [0, 0.1) is 0 Å². The Hall–Kier alpha value is -2.79. The van der Waals surface area contributed by atoms with E-state index in [9.17, 15) is 4.79 Å². The first-order valence-corrected chi connectivity index (χ1v) is 11.6. The molecule has 0 bridgehead atoms. The van der Waals surface area contributed by atoms with Crippen molar-refractivity contribution in [3.63, 3.8) is 0 Å². The average Bonchev–Trinajstić information content (AvgIpc) is 3.02. The predicted molar refractivity (Wildman–Crippen MR) is 134 cm³/mol. The summed E-state index contributed by atoms with van der Waals surface area (Å²) >= 11 is 1.45. The molecule has 2 heterocycles. The van der Waals surface area contributed by atoms with Gasteiger partial charge in [0.2, 0.25) is 0 Å². The molecule has 0 aliphatic carbocycles. The molecule has 0 unspecified atom stereocenters. The van der Waals surface area contributed by atoms with E-state index >= 15 is 0 Å². The van der Waals surface area contributed by atoms with Crippen LogP contribution in [0.5, 0.6) is 0 Å². The molecule has 4 nitrogen and oxygen atoms in total. The third-order valence-corrected chi connectivity index (χ3v) is 6.81. The molecule has 160 valence electrons. The van der Waals surface area contributed by atoms with Gasteiger partial charge in [-0.2, -0.15) is 0 Å². The van der Waals surface area contributed by atoms with Crippen molar-refractivity contribution < 1.29 is 4.79 Å². The first kappa shape index (κ1) is 21.4. The number of amidine groups is 1. The van der Waals surface area contributed by atoms with Gasteiger partial charge in [0.05, 0.1) is 16.1 Å². The number of thioether (sulfide) groups is 1. The van der Waals surface area contributed by atoms with Crippen LogP contribution in [-0.2, 0) is 4.79 Å². The number of rotatable bonds is 4. The van der Waals surface area contributed by atoms with Crippen LogP contribution in [0.4, 0.5) is 11.4 Å². The molecular formula is C26H29N3OS. The Balaban J connectivity index is 1.69. The molecule has 31 heavy (non-hydrogen) atoms. The van der Waals surface area contributed by atoms with Gasteiger partial charge in [-0.3, -0.25) is 9.69 Å². The van der Waals surface area contributed by atoms with Gasteiger partial charge < -0.3 is 4.90 Å². The molecule has 0 spiro atoms. The third-order valence-electron chi connectivity index (χ3n) is 5.80. The number of anilines is 1. The molecule has 4 rings (SSSR count). The van der Waals surface area contributed by atoms with E-state index in [4.69, 9.17) is 4.99 Å². The summed E-state index contributed by atoms with van der Waals surface area (Å²) in [5.41, 5.74) is 5.65. The smallest absolute Gasteiger partial charge is 0.266 e. The summed E-state index contributed by atoms with van der Waals surface area (Å²) in [4.78, 5) is 22.6. The Labute approximate surface area is 189 Å². The Morgan fingerprint density at radius 3 is 2.48 bits per heavy atom. The lowest BCUT2D eigenvalue weighted by Crippen LogP contribution is -2.44. The minimum atomic E-state index is -0.00643. The van der Waals surface area contributed by atoms with Gasteiger partial charge >= 0.3 is 0 Å². The monoisotopic (exact) mass is 431 g/mol. The second kappa shape index (κ2) is 8.39. The summed E-state index contributed by atoms with van der Waals surface area (Å²) in [7, 11) is 0. The summed E-state index contributed by atoms with van der Waals surface area (Å²) in [6, 6.07) is 16.3. The van der Waals surface area contributed by atoms with Gasteiger partial charge in [-0.05, 0) is 87.9 Å². The molecule has 5 heteroatoms. The van der Waals surface area contributed by atoms with Gasteiger partial charge in [-0.1, -0.05) is 30.3 Å². The number of carbonyl (C=O) groups is 1. The summed E-state index contributed by atoms with van der Waals surface area (Å²) in [6.45, 7) is 12.4. The van der Waals surface area contributed by atoms with E-state index in [1.54, 1.807) is 4.90 Å². The normalized spacial score (nSPS) is 20.4. The molecule has 1 saturated heterocycles. The molecule has 2 aromatic carbocycles. The van der Waals surface area contributed by atoms with E-state index < -0.39 is 0 Å². The van der Waals surface area contributed by atoms with E-state index in [-0.39, 0.29) is 11.4 Å². The molecule has 2 aliphatic rings. The van der Waals surface area contributed by atoms with Crippen molar-refractivity contribution in [1.29, 1.82) is 0 Å². The van der Waals surface area contributed by atoms with Crippen molar-refractivity contribution in [3.05, 3.63) is 70.6 Å². The molecular weight excluding hydrogens is 402 g/mol. The number of hydrogen-bond donors (Lipinski definition) is 0. The molecule has 1 amide bonds. The Morgan fingerprint density at radius 2 is 1.81 bits per heavy atom. The number of fused-ring (bicyclic) bond motifs is 1. The maximum Gasteiger partial charge on any atom is 0.266 e. The molecule has 0 N–H and O–H groups in total. The largest absolute Gasteiger partial charge is 0.363 e. The minimum absolute atomic E-state index is 0.00643. The van der Waals surface area contributed by atoms with Crippen LogP contribution in [0.2, 0.25) is 0 Å². The van der Waals surface area contributed by atoms with Gasteiger partial charge in [-0.25, -0.2) is 4.99 Å². The van der Waals surface area contributed by atoms with E-state index in [0.717, 1.165) is 23.0 Å². The van der Waals surface area contributed by atoms with Crippen LogP contribution in [0.25, 0.3) is 11.6 Å². The lowest BCUT2D eigenvalue weighted by molar-refractivity contribution is -0.122. The van der Waals surface area contributed by atoms with Crippen LogP contribution < -0.4 is 4.90 Å². The SMILES string of the molecule is CCN1C(=O)/C(=C\c2ccc3c(c2)C(C)=CC(C)(C)N3CC)SC1=Nc1ccccc1. The van der Waals surface area contributed by atoms with Gasteiger partial charge in [0, 0.05) is 24.3 Å². The Morgan fingerprint density at radius 1 is 1.06 bits per heavy atom. The zero-order valence-electron chi connectivity index (χ0n) is 18.8. The standard InChI is InChI=1S/C26H29N3OS/c1-6-28-24(30)23(31-25(28)27-20-11-9-8-10-12-20)16-19-13-14-22-21(15-19)18(3)17-26(4,5)29(22)7-2/h8-17H,6-7H2,1-5H3/b23-16+,27-25?. The lowest BCUT2D eigenvalue weighted by atomic mass is 9.88. The van der Waals surface area contributed by atoms with Crippen molar-refractivity contribution in [3.8, 4) is 0 Å². The van der Waals surface area contributed by atoms with E-state index in [0.29, 0.717) is 11.4 Å². The quantitative estimate of drug-likeness (QED) is 0.531. The highest BCUT2D eigenvalue weighted by molar-refractivity contribution is 8.18. The zero-order valence-corrected chi connectivity index (χ0v) is 19.7. The molecule has 2 aliphatic heterocycles. The highest BCUT2D eigenvalue weighted by atomic mass is 32.2. The molecule has 0 aromatic heterocycles. The first-order valence-electron chi connectivity index (χ1n) is 10.8. The highest BCUT2D eigenvalue weighted by Crippen LogP contribution is 2.40. The highest BCUT2D eigenvalue weighted by Gasteiger charge is 2.33. The molecule has 0 radical (unpaired) electrons. The first-order chi connectivity index (χ1) is 14.8. The average molecular weight is 432 g/mol. The number of para-hydroxylation sites is 1. The molecule has 1 fully saturated rings. The summed E-state index contributed by atoms with van der Waals surface area (Å²) in [6.07, 6.45) is 4.32. The van der Waals surface area contributed by atoms with E-state index in [1.807, 2.05) is 43.3 Å². The summed E-state index contributed by atoms with van der Waals surface area (Å²) in [5.74, 6) is 0.0171. The van der Waals surface area contributed by atoms with Crippen LogP contribution in [0.3, 0.4) is 0 Å². The second-order valence-electron chi connectivity index (χ2n) is 8.39. The van der Waals surface area contributed by atoms with Crippen LogP contribution in [-0.4, -0.2) is 34.6 Å². The number of hydrogen-bond acceptors (Lipinski definition) is 4. The fraction of sp³-hybridized carbons (Fsp3) is 0.308. The second-order valence-corrected chi connectivity index (χ2v) is 9.40. The number of carbonyl (C=O) groups excluding carboxylic acids is 1. The van der Waals surface area contributed by atoms with Gasteiger partial charge in [0.15, 0.2) is 5.17 Å². The Bertz CT molecular complexity index is 1100. The number of nitrogens with zero attached hydrogens (tertiary/aromatic N) is 3. The number of benzene rings is 2. The van der Waals surface area contributed by atoms with Crippen LogP contribution in [0.15, 0.2) is 64.5 Å². The number of aliphatic imine (C=N–C) groups is 1. The number of amides is 1. The van der Waals surface area contributed by atoms with Crippen LogP contribution >= 0.6 is 11.8 Å². The zero-order chi connectivity index (χ0) is 22.2. The van der Waals surface area contributed by atoms with Gasteiger partial charge in [0.1, 0.15) is 0 Å². The van der Waals surface area contributed by atoms with Crippen molar-refractivity contribution >= 4 is 45.9 Å². The van der Waals surface area contributed by atoms with Crippen LogP contribution in [0.1, 0.15) is 45.7 Å². The third kappa shape index (κ3) is 4.07. The number of allylic oxidation sites excluding steroid dienone is 1. The molecule has 0 atom stereocenters. The van der Waals surface area contributed by atoms with Gasteiger partial charge in [-0.15, -0.1) is 0 Å². The fourth-order valence-corrected chi connectivity index (χ4v) is 5.47. The maximum absolute atomic E-state index is 13.0. The van der Waals surface area contributed by atoms with E-state index in [1.165, 1.54) is 28.6 Å². The molecule has 0 saturated carbocycles. The van der Waals surface area contributed by atoms with Crippen molar-refractivity contribution in [2.75, 3.05) is 18.0 Å². The predicted octanol–water partition coefficient (Wildman–Crippen LogP) is 6.33. The fourth-order valence-electron chi connectivity index (χ4n) is 4.40.